The molecule has 0 radical (unpaired) electrons. The van der Waals surface area contributed by atoms with E-state index in [-0.39, 0.29) is 11.9 Å². The average Bonchev–Trinajstić information content (AvgIpc) is 1.99. The van der Waals surface area contributed by atoms with Crippen LogP contribution in [0.2, 0.25) is 0 Å². The molecule has 0 bridgehead atoms. The van der Waals surface area contributed by atoms with Crippen LogP contribution in [0.1, 0.15) is 27.0 Å². The van der Waals surface area contributed by atoms with Crippen LogP contribution in [0.3, 0.4) is 0 Å². The van der Waals surface area contributed by atoms with Crippen LogP contribution >= 0.6 is 8.03 Å². The summed E-state index contributed by atoms with van der Waals surface area (Å²) < 4.78 is 10.6. The summed E-state index contributed by atoms with van der Waals surface area (Å²) in [5.74, 6) is -0.256. The molecule has 0 amide bonds. The lowest BCUT2D eigenvalue weighted by Crippen LogP contribution is -2.07. The Hall–Kier alpha value is -1.05. The van der Waals surface area contributed by atoms with Crippen molar-refractivity contribution in [3.63, 3.8) is 0 Å². The number of ketones is 1. The summed E-state index contributed by atoms with van der Waals surface area (Å²) in [5, 5.41) is 0. The van der Waals surface area contributed by atoms with E-state index in [1.807, 2.05) is 32.9 Å². The topological polar surface area (TPSA) is 54.4 Å². The molecule has 0 aliphatic heterocycles. The molecule has 1 aromatic carbocycles. The Bertz CT molecular complexity index is 401. The zero-order chi connectivity index (χ0) is 11.6. The first-order valence-electron chi connectivity index (χ1n) is 4.66. The minimum Gasteiger partial charge on any atom is -0.289 e. The van der Waals surface area contributed by atoms with Crippen molar-refractivity contribution in [3.8, 4) is 0 Å². The van der Waals surface area contributed by atoms with Crippen molar-refractivity contribution < 1.29 is 14.3 Å². The Morgan fingerprint density at radius 1 is 1.27 bits per heavy atom. The monoisotopic (exact) mass is 225 g/mol. The number of hydrogen-bond acceptors (Lipinski definition) is 2. The molecule has 1 rings (SSSR count). The van der Waals surface area contributed by atoms with E-state index in [1.165, 1.54) is 0 Å². The fourth-order valence-corrected chi connectivity index (χ4v) is 2.23. The molecule has 0 heterocycles. The Morgan fingerprint density at radius 2 is 1.73 bits per heavy atom. The van der Waals surface area contributed by atoms with E-state index in [2.05, 4.69) is 0 Å². The highest BCUT2D eigenvalue weighted by atomic mass is 31.1. The van der Waals surface area contributed by atoms with E-state index in [1.54, 1.807) is 0 Å². The number of carbonyl (C=O) groups is 1. The zero-order valence-electron chi connectivity index (χ0n) is 9.07. The molecule has 0 saturated heterocycles. The Labute approximate surface area is 90.0 Å². The molecule has 0 fully saturated rings. The second-order valence-electron chi connectivity index (χ2n) is 3.71. The lowest BCUT2D eigenvalue weighted by Gasteiger charge is -2.07. The van der Waals surface area contributed by atoms with Gasteiger partial charge >= 0.3 is 8.03 Å². The lowest BCUT2D eigenvalue weighted by molar-refractivity contribution is 0.101. The van der Waals surface area contributed by atoms with Crippen LogP contribution in [0.25, 0.3) is 0 Å². The van der Waals surface area contributed by atoms with Gasteiger partial charge in [0.05, 0.1) is 0 Å². The summed E-state index contributed by atoms with van der Waals surface area (Å²) in [7, 11) is -2.40. The summed E-state index contributed by atoms with van der Waals surface area (Å²) in [4.78, 5) is 20.4. The van der Waals surface area contributed by atoms with Gasteiger partial charge in [0.1, 0.15) is 0 Å². The van der Waals surface area contributed by atoms with Crippen molar-refractivity contribution in [2.24, 2.45) is 0 Å². The molecule has 1 atom stereocenters. The van der Waals surface area contributed by atoms with E-state index in [9.17, 15) is 9.36 Å². The molecule has 1 N–H and O–H groups in total. The molecule has 3 nitrogen and oxygen atoms in total. The van der Waals surface area contributed by atoms with E-state index < -0.39 is 8.03 Å². The van der Waals surface area contributed by atoms with Gasteiger partial charge in [-0.2, -0.15) is 4.89 Å². The second kappa shape index (κ2) is 4.65. The van der Waals surface area contributed by atoms with Crippen molar-refractivity contribution in [3.05, 3.63) is 34.4 Å². The van der Waals surface area contributed by atoms with E-state index >= 15 is 0 Å². The average molecular weight is 225 g/mol. The third-order valence-corrected chi connectivity index (χ3v) is 2.79. The van der Waals surface area contributed by atoms with Crippen LogP contribution in [-0.2, 0) is 4.57 Å². The maximum atomic E-state index is 11.7. The molecule has 4 heteroatoms. The molecule has 0 aliphatic carbocycles. The van der Waals surface area contributed by atoms with Crippen molar-refractivity contribution in [2.75, 3.05) is 6.16 Å². The summed E-state index contributed by atoms with van der Waals surface area (Å²) >= 11 is 0. The molecule has 0 saturated carbocycles. The number of Topliss-reactive ketones (excluding diaryl/α,β-unsaturated/α-hetero) is 1. The lowest BCUT2D eigenvalue weighted by atomic mass is 9.97. The molecule has 15 heavy (non-hydrogen) atoms. The normalized spacial score (nSPS) is 11.3. The Balaban J connectivity index is 3.14. The fraction of sp³-hybridized carbons (Fsp3) is 0.364. The third kappa shape index (κ3) is 2.95. The van der Waals surface area contributed by atoms with E-state index in [4.69, 9.17) is 4.89 Å². The van der Waals surface area contributed by atoms with Crippen LogP contribution in [0.15, 0.2) is 12.1 Å². The summed E-state index contributed by atoms with van der Waals surface area (Å²) in [5.41, 5.74) is 3.41. The third-order valence-electron chi connectivity index (χ3n) is 2.23. The van der Waals surface area contributed by atoms with Gasteiger partial charge in [-0.05, 0) is 36.5 Å². The van der Waals surface area contributed by atoms with E-state index in [0.717, 1.165) is 16.7 Å². The first-order chi connectivity index (χ1) is 6.91. The minimum absolute atomic E-state index is 0.256. The summed E-state index contributed by atoms with van der Waals surface area (Å²) in [6.07, 6.45) is -0.292. The van der Waals surface area contributed by atoms with Gasteiger partial charge < -0.3 is 0 Å². The SMILES string of the molecule is Cc1cc(C)c(C(=O)C[P+](=O)O)c(C)c1. The number of hydrogen-bond donors (Lipinski definition) is 1. The van der Waals surface area contributed by atoms with Gasteiger partial charge in [-0.1, -0.05) is 17.7 Å². The second-order valence-corrected chi connectivity index (χ2v) is 4.73. The number of rotatable bonds is 3. The first kappa shape index (κ1) is 12.0. The van der Waals surface area contributed by atoms with E-state index in [0.29, 0.717) is 5.56 Å². The summed E-state index contributed by atoms with van der Waals surface area (Å²) in [6, 6.07) is 3.81. The largest absolute Gasteiger partial charge is 0.513 e. The molecule has 1 aromatic rings. The fourth-order valence-electron chi connectivity index (χ4n) is 1.82. The van der Waals surface area contributed by atoms with Gasteiger partial charge in [-0.3, -0.25) is 4.79 Å². The van der Waals surface area contributed by atoms with Gasteiger partial charge in [-0.25, -0.2) is 0 Å². The Kier molecular flexibility index (Phi) is 3.72. The van der Waals surface area contributed by atoms with Crippen LogP contribution in [0, 0.1) is 20.8 Å². The number of aryl methyl sites for hydroxylation is 3. The van der Waals surface area contributed by atoms with Crippen molar-refractivity contribution in [1.29, 1.82) is 0 Å². The van der Waals surface area contributed by atoms with Crippen molar-refractivity contribution in [1.82, 2.24) is 0 Å². The van der Waals surface area contributed by atoms with Gasteiger partial charge in [-0.15, -0.1) is 0 Å². The highest BCUT2D eigenvalue weighted by Gasteiger charge is 2.22. The maximum absolute atomic E-state index is 11.7. The smallest absolute Gasteiger partial charge is 0.289 e. The van der Waals surface area contributed by atoms with Crippen LogP contribution in [-0.4, -0.2) is 16.8 Å². The molecule has 0 spiro atoms. The predicted molar refractivity (Wildman–Crippen MR) is 59.7 cm³/mol. The highest BCUT2D eigenvalue weighted by Crippen LogP contribution is 2.21. The Morgan fingerprint density at radius 3 is 2.13 bits per heavy atom. The van der Waals surface area contributed by atoms with Crippen molar-refractivity contribution in [2.45, 2.75) is 20.8 Å². The molecule has 0 aliphatic rings. The zero-order valence-corrected chi connectivity index (χ0v) is 9.97. The van der Waals surface area contributed by atoms with Gasteiger partial charge in [0.25, 0.3) is 0 Å². The predicted octanol–water partition coefficient (Wildman–Crippen LogP) is 2.53. The number of carbonyl (C=O) groups excluding carboxylic acids is 1. The molecule has 80 valence electrons. The van der Waals surface area contributed by atoms with Gasteiger partial charge in [0, 0.05) is 5.56 Å². The quantitative estimate of drug-likeness (QED) is 0.635. The van der Waals surface area contributed by atoms with Crippen LogP contribution in [0.4, 0.5) is 0 Å². The van der Waals surface area contributed by atoms with Crippen LogP contribution < -0.4 is 0 Å². The highest BCUT2D eigenvalue weighted by molar-refractivity contribution is 7.39. The first-order valence-corrected chi connectivity index (χ1v) is 6.06. The molecule has 0 aromatic heterocycles. The van der Waals surface area contributed by atoms with Crippen LogP contribution in [0.5, 0.6) is 0 Å². The maximum Gasteiger partial charge on any atom is 0.513 e. The minimum atomic E-state index is -2.40. The molecular formula is C11H14O3P+. The number of benzene rings is 1. The molecular weight excluding hydrogens is 211 g/mol. The summed E-state index contributed by atoms with van der Waals surface area (Å²) in [6.45, 7) is 5.65. The standard InChI is InChI=1S/C11H13O3P/c1-7-4-8(2)11(9(3)5-7)10(12)6-15(13)14/h4-5H,6H2,1-3H3/p+1. The van der Waals surface area contributed by atoms with Gasteiger partial charge in [0.2, 0.25) is 11.9 Å². The van der Waals surface area contributed by atoms with Gasteiger partial charge in [0.15, 0.2) is 0 Å². The molecule has 1 unspecified atom stereocenters. The van der Waals surface area contributed by atoms with Crippen molar-refractivity contribution >= 4 is 13.8 Å².